The Bertz CT molecular complexity index is 549. The molecule has 2 heteroatoms. The molecule has 0 radical (unpaired) electrons. The zero-order chi connectivity index (χ0) is 23.9. The predicted molar refractivity (Wildman–Crippen MR) is 130 cm³/mol. The van der Waals surface area contributed by atoms with E-state index in [4.69, 9.17) is 4.74 Å². The van der Waals surface area contributed by atoms with Gasteiger partial charge in [0.2, 0.25) is 0 Å². The van der Waals surface area contributed by atoms with Crippen molar-refractivity contribution in [1.29, 1.82) is 0 Å². The molecule has 178 valence electrons. The highest BCUT2D eigenvalue weighted by atomic mass is 16.5. The number of ether oxygens (including phenoxy) is 1. The van der Waals surface area contributed by atoms with Crippen LogP contribution in [0.1, 0.15) is 116 Å². The largest absolute Gasteiger partial charge is 0.461 e. The van der Waals surface area contributed by atoms with Gasteiger partial charge in [-0.2, -0.15) is 0 Å². The molecular formula is C28H54O2. The van der Waals surface area contributed by atoms with E-state index in [1.807, 2.05) is 0 Å². The van der Waals surface area contributed by atoms with Crippen molar-refractivity contribution < 1.29 is 9.53 Å². The number of hydrogen-bond donors (Lipinski definition) is 0. The minimum Gasteiger partial charge on any atom is -0.461 e. The summed E-state index contributed by atoms with van der Waals surface area (Å²) in [5.41, 5.74) is -0.295. The molecule has 0 bridgehead atoms. The molecule has 1 aliphatic rings. The summed E-state index contributed by atoms with van der Waals surface area (Å²) in [6.45, 7) is 31.8. The molecule has 1 rings (SSSR count). The van der Waals surface area contributed by atoms with Gasteiger partial charge in [-0.15, -0.1) is 0 Å². The van der Waals surface area contributed by atoms with Crippen LogP contribution in [-0.2, 0) is 9.53 Å². The van der Waals surface area contributed by atoms with E-state index in [9.17, 15) is 4.79 Å². The summed E-state index contributed by atoms with van der Waals surface area (Å²) < 4.78 is 6.60. The summed E-state index contributed by atoms with van der Waals surface area (Å²) in [6.07, 6.45) is 3.18. The average Bonchev–Trinajstić information content (AvgIpc) is 2.50. The third-order valence-electron chi connectivity index (χ3n) is 8.13. The Morgan fingerprint density at radius 2 is 1.20 bits per heavy atom. The van der Waals surface area contributed by atoms with Gasteiger partial charge < -0.3 is 4.74 Å². The van der Waals surface area contributed by atoms with Crippen LogP contribution in [0.5, 0.6) is 0 Å². The van der Waals surface area contributed by atoms with Crippen LogP contribution >= 0.6 is 0 Å². The Balaban J connectivity index is 3.32. The minimum absolute atomic E-state index is 0.0143. The van der Waals surface area contributed by atoms with Gasteiger partial charge in [-0.1, -0.05) is 90.0 Å². The number of rotatable bonds is 5. The Labute approximate surface area is 189 Å². The van der Waals surface area contributed by atoms with Gasteiger partial charge in [0.05, 0.1) is 5.41 Å². The third kappa shape index (κ3) is 6.49. The maximum Gasteiger partial charge on any atom is 0.312 e. The van der Waals surface area contributed by atoms with Gasteiger partial charge in [0, 0.05) is 0 Å². The van der Waals surface area contributed by atoms with Crippen molar-refractivity contribution in [2.75, 3.05) is 0 Å². The molecule has 0 aromatic heterocycles. The molecule has 0 saturated heterocycles. The van der Waals surface area contributed by atoms with Crippen molar-refractivity contribution >= 4 is 5.97 Å². The van der Waals surface area contributed by atoms with Crippen LogP contribution < -0.4 is 0 Å². The monoisotopic (exact) mass is 422 g/mol. The van der Waals surface area contributed by atoms with Gasteiger partial charge in [-0.05, 0) is 72.0 Å². The highest BCUT2D eigenvalue weighted by molar-refractivity contribution is 5.77. The second-order valence-corrected chi connectivity index (χ2v) is 14.5. The fraction of sp³-hybridized carbons (Fsp3) is 0.964. The molecule has 2 nitrogen and oxygen atoms in total. The van der Waals surface area contributed by atoms with E-state index >= 15 is 0 Å². The minimum atomic E-state index is -0.505. The molecule has 0 amide bonds. The zero-order valence-electron chi connectivity index (χ0n) is 22.9. The summed E-state index contributed by atoms with van der Waals surface area (Å²) in [6, 6.07) is 0. The summed E-state index contributed by atoms with van der Waals surface area (Å²) >= 11 is 0. The molecule has 1 aliphatic carbocycles. The normalized spacial score (nSPS) is 28.5. The number of carbonyl (C=O) groups is 1. The van der Waals surface area contributed by atoms with E-state index in [2.05, 4.69) is 96.9 Å². The molecular weight excluding hydrogens is 368 g/mol. The lowest BCUT2D eigenvalue weighted by atomic mass is 9.59. The molecule has 3 unspecified atom stereocenters. The topological polar surface area (TPSA) is 26.3 Å². The van der Waals surface area contributed by atoms with Crippen molar-refractivity contribution in [2.45, 2.75) is 122 Å². The van der Waals surface area contributed by atoms with Gasteiger partial charge in [0.1, 0.15) is 6.10 Å². The maximum absolute atomic E-state index is 13.9. The van der Waals surface area contributed by atoms with Crippen LogP contribution in [0.4, 0.5) is 0 Å². The number of hydrogen-bond acceptors (Lipinski definition) is 2. The van der Waals surface area contributed by atoms with Crippen LogP contribution in [0.15, 0.2) is 0 Å². The third-order valence-corrected chi connectivity index (χ3v) is 8.13. The number of carbonyl (C=O) groups excluding carboxylic acids is 1. The quantitative estimate of drug-likeness (QED) is 0.416. The Morgan fingerprint density at radius 1 is 0.800 bits per heavy atom. The molecule has 1 saturated carbocycles. The molecule has 1 fully saturated rings. The highest BCUT2D eigenvalue weighted by Gasteiger charge is 2.51. The summed E-state index contributed by atoms with van der Waals surface area (Å²) in [5, 5.41) is 0. The molecule has 0 spiro atoms. The van der Waals surface area contributed by atoms with E-state index in [-0.39, 0.29) is 22.9 Å². The van der Waals surface area contributed by atoms with Crippen LogP contribution in [0.2, 0.25) is 0 Å². The number of esters is 1. The van der Waals surface area contributed by atoms with Gasteiger partial charge in [0.15, 0.2) is 0 Å². The van der Waals surface area contributed by atoms with Crippen molar-refractivity contribution in [3.8, 4) is 0 Å². The fourth-order valence-electron chi connectivity index (χ4n) is 5.48. The summed E-state index contributed by atoms with van der Waals surface area (Å²) in [7, 11) is 0. The van der Waals surface area contributed by atoms with E-state index < -0.39 is 5.41 Å². The van der Waals surface area contributed by atoms with E-state index in [0.29, 0.717) is 35.0 Å². The SMILES string of the molecule is CC(C)C1CC(C(C)(C)C)CC(C(C)C)C1OC(=O)C(C)(CC(C)(C)C)C(C)(C)C. The van der Waals surface area contributed by atoms with Gasteiger partial charge >= 0.3 is 5.97 Å². The van der Waals surface area contributed by atoms with Crippen molar-refractivity contribution in [3.05, 3.63) is 0 Å². The lowest BCUT2D eigenvalue weighted by Crippen LogP contribution is -2.51. The van der Waals surface area contributed by atoms with Crippen molar-refractivity contribution in [3.63, 3.8) is 0 Å². The Kier molecular flexibility index (Phi) is 8.38. The van der Waals surface area contributed by atoms with E-state index in [1.165, 1.54) is 0 Å². The summed E-state index contributed by atoms with van der Waals surface area (Å²) in [5.74, 6) is 2.57. The highest BCUT2D eigenvalue weighted by Crippen LogP contribution is 2.51. The van der Waals surface area contributed by atoms with E-state index in [1.54, 1.807) is 0 Å². The van der Waals surface area contributed by atoms with Gasteiger partial charge in [-0.3, -0.25) is 4.79 Å². The predicted octanol–water partition coefficient (Wildman–Crippen LogP) is 8.39. The Morgan fingerprint density at radius 3 is 1.47 bits per heavy atom. The lowest BCUT2D eigenvalue weighted by molar-refractivity contribution is -0.185. The smallest absolute Gasteiger partial charge is 0.312 e. The van der Waals surface area contributed by atoms with Crippen LogP contribution in [-0.4, -0.2) is 12.1 Å². The second-order valence-electron chi connectivity index (χ2n) is 14.5. The first-order chi connectivity index (χ1) is 13.2. The lowest BCUT2D eigenvalue weighted by Gasteiger charge is -2.50. The van der Waals surface area contributed by atoms with Crippen molar-refractivity contribution in [2.24, 2.45) is 51.2 Å². The summed E-state index contributed by atoms with van der Waals surface area (Å²) in [4.78, 5) is 13.9. The fourth-order valence-corrected chi connectivity index (χ4v) is 5.48. The first-order valence-electron chi connectivity index (χ1n) is 12.4. The first kappa shape index (κ1) is 27.5. The molecule has 0 N–H and O–H groups in total. The first-order valence-corrected chi connectivity index (χ1v) is 12.4. The second kappa shape index (κ2) is 9.14. The average molecular weight is 423 g/mol. The zero-order valence-corrected chi connectivity index (χ0v) is 22.9. The maximum atomic E-state index is 13.9. The van der Waals surface area contributed by atoms with Gasteiger partial charge in [-0.25, -0.2) is 0 Å². The van der Waals surface area contributed by atoms with Crippen LogP contribution in [0, 0.1) is 51.2 Å². The molecule has 0 aromatic rings. The standard InChI is InChI=1S/C28H54O2/c1-18(2)21-15-20(26(8,9)10)16-22(19(3)4)23(21)30-24(29)28(14,27(11,12)13)17-25(5,6)7/h18-23H,15-17H2,1-14H3. The van der Waals surface area contributed by atoms with E-state index in [0.717, 1.165) is 19.3 Å². The van der Waals surface area contributed by atoms with Crippen LogP contribution in [0.3, 0.4) is 0 Å². The van der Waals surface area contributed by atoms with Gasteiger partial charge in [0.25, 0.3) is 0 Å². The Hall–Kier alpha value is -0.530. The molecule has 0 heterocycles. The van der Waals surface area contributed by atoms with Crippen LogP contribution in [0.25, 0.3) is 0 Å². The molecule has 0 aliphatic heterocycles. The van der Waals surface area contributed by atoms with Crippen molar-refractivity contribution in [1.82, 2.24) is 0 Å². The molecule has 3 atom stereocenters. The molecule has 30 heavy (non-hydrogen) atoms. The molecule has 0 aromatic carbocycles.